The number of benzene rings is 3. The van der Waals surface area contributed by atoms with Crippen LogP contribution in [0, 0.1) is 11.6 Å². The van der Waals surface area contributed by atoms with Gasteiger partial charge in [-0.3, -0.25) is 9.52 Å². The molecule has 1 aliphatic heterocycles. The van der Waals surface area contributed by atoms with Gasteiger partial charge in [0.15, 0.2) is 5.75 Å². The predicted molar refractivity (Wildman–Crippen MR) is 114 cm³/mol. The smallest absolute Gasteiger partial charge is 0.310 e. The van der Waals surface area contributed by atoms with Gasteiger partial charge in [0.05, 0.1) is 24.2 Å². The molecule has 1 N–H and O–H groups in total. The Morgan fingerprint density at radius 3 is 2.56 bits per heavy atom. The number of halogens is 3. The number of anilines is 1. The molecule has 166 valence electrons. The van der Waals surface area contributed by atoms with E-state index in [-0.39, 0.29) is 34.9 Å². The lowest BCUT2D eigenvalue weighted by Gasteiger charge is -2.17. The summed E-state index contributed by atoms with van der Waals surface area (Å²) in [5.41, 5.74) is 0.521. The monoisotopic (exact) mass is 479 g/mol. The largest absolute Gasteiger partial charge is 0.494 e. The summed E-state index contributed by atoms with van der Waals surface area (Å²) >= 11 is 6.17. The molecule has 3 aromatic carbocycles. The van der Waals surface area contributed by atoms with Gasteiger partial charge >= 0.3 is 5.97 Å². The summed E-state index contributed by atoms with van der Waals surface area (Å²) in [6, 6.07) is 10.7. The molecule has 1 heterocycles. The van der Waals surface area contributed by atoms with Crippen molar-refractivity contribution in [3.05, 3.63) is 76.3 Å². The number of carbonyl (C=O) groups is 1. The lowest BCUT2D eigenvalue weighted by molar-refractivity contribution is -0.144. The zero-order chi connectivity index (χ0) is 23.0. The van der Waals surface area contributed by atoms with E-state index in [2.05, 4.69) is 4.72 Å². The minimum Gasteiger partial charge on any atom is -0.494 e. The molecule has 0 saturated heterocycles. The maximum atomic E-state index is 14.7. The Morgan fingerprint density at radius 2 is 1.81 bits per heavy atom. The maximum Gasteiger partial charge on any atom is 0.310 e. The minimum absolute atomic E-state index is 0.0594. The maximum absolute atomic E-state index is 14.7. The molecule has 0 radical (unpaired) electrons. The highest BCUT2D eigenvalue weighted by molar-refractivity contribution is 7.92. The highest BCUT2D eigenvalue weighted by Crippen LogP contribution is 2.37. The van der Waals surface area contributed by atoms with Crippen molar-refractivity contribution in [3.8, 4) is 16.9 Å². The summed E-state index contributed by atoms with van der Waals surface area (Å²) in [7, 11) is -3.22. The summed E-state index contributed by atoms with van der Waals surface area (Å²) in [4.78, 5) is 12.0. The van der Waals surface area contributed by atoms with Gasteiger partial charge in [-0.1, -0.05) is 35.9 Å². The molecule has 0 aromatic heterocycles. The molecule has 0 unspecified atom stereocenters. The number of fused-ring (bicyclic) bond motifs is 6. The Hall–Kier alpha value is -3.17. The molecule has 0 aliphatic carbocycles. The molecular formula is C22H16ClF2NO5S. The molecule has 4 bridgehead atoms. The molecule has 4 rings (SSSR count). The first kappa shape index (κ1) is 22.0. The van der Waals surface area contributed by atoms with Crippen LogP contribution in [0.25, 0.3) is 11.1 Å². The predicted octanol–water partition coefficient (Wildman–Crippen LogP) is 4.69. The molecule has 0 saturated carbocycles. The SMILES string of the molecule is COc1c(Cl)cc2cc1S(=O)(=O)Nc1cc(c(F)cc1F)-c1ccccc1COC(=O)C2. The summed E-state index contributed by atoms with van der Waals surface area (Å²) < 4.78 is 68.0. The standard InChI is InChI=1S/C22H16ClF2NO5S/c1-30-22-16(23)6-12-7-20(22)32(28,29)26-19-9-15(17(24)10-18(19)25)14-5-3-2-4-13(14)11-31-21(27)8-12/h2-7,9-10,26H,8,11H2,1H3. The number of esters is 1. The number of hydrogen-bond donors (Lipinski definition) is 1. The van der Waals surface area contributed by atoms with Gasteiger partial charge in [0.25, 0.3) is 10.0 Å². The molecule has 1 aliphatic rings. The van der Waals surface area contributed by atoms with Gasteiger partial charge < -0.3 is 9.47 Å². The molecule has 0 spiro atoms. The zero-order valence-electron chi connectivity index (χ0n) is 16.6. The van der Waals surface area contributed by atoms with Crippen LogP contribution in [0.4, 0.5) is 14.5 Å². The fraction of sp³-hybridized carbons (Fsp3) is 0.136. The average Bonchev–Trinajstić information content (AvgIpc) is 2.73. The van der Waals surface area contributed by atoms with Gasteiger partial charge in [-0.05, 0) is 34.9 Å². The minimum atomic E-state index is -4.44. The van der Waals surface area contributed by atoms with Gasteiger partial charge in [0.2, 0.25) is 0 Å². The van der Waals surface area contributed by atoms with Crippen molar-refractivity contribution in [1.29, 1.82) is 0 Å². The molecule has 10 heteroatoms. The lowest BCUT2D eigenvalue weighted by Crippen LogP contribution is -2.17. The van der Waals surface area contributed by atoms with Crippen molar-refractivity contribution in [1.82, 2.24) is 0 Å². The summed E-state index contributed by atoms with van der Waals surface area (Å²) in [5, 5.41) is -0.0594. The van der Waals surface area contributed by atoms with Crippen LogP contribution in [-0.2, 0) is 32.6 Å². The second kappa shape index (κ2) is 8.40. The molecule has 0 fully saturated rings. The Balaban J connectivity index is 1.97. The summed E-state index contributed by atoms with van der Waals surface area (Å²) in [6.07, 6.45) is -0.275. The van der Waals surface area contributed by atoms with E-state index in [0.717, 1.165) is 6.07 Å². The second-order valence-electron chi connectivity index (χ2n) is 7.02. The van der Waals surface area contributed by atoms with Crippen molar-refractivity contribution in [2.75, 3.05) is 11.8 Å². The number of hydrogen-bond acceptors (Lipinski definition) is 5. The highest BCUT2D eigenvalue weighted by Gasteiger charge is 2.26. The normalized spacial score (nSPS) is 15.1. The van der Waals surface area contributed by atoms with E-state index in [1.165, 1.54) is 19.2 Å². The van der Waals surface area contributed by atoms with Crippen molar-refractivity contribution < 1.29 is 31.5 Å². The van der Waals surface area contributed by atoms with Crippen LogP contribution in [0.1, 0.15) is 11.1 Å². The Labute approximate surface area is 187 Å². The van der Waals surface area contributed by atoms with Crippen LogP contribution in [-0.4, -0.2) is 21.5 Å². The van der Waals surface area contributed by atoms with Gasteiger partial charge in [-0.2, -0.15) is 0 Å². The van der Waals surface area contributed by atoms with Crippen LogP contribution >= 0.6 is 11.6 Å². The summed E-state index contributed by atoms with van der Waals surface area (Å²) in [6.45, 7) is -0.163. The van der Waals surface area contributed by atoms with Crippen LogP contribution in [0.2, 0.25) is 5.02 Å². The molecule has 32 heavy (non-hydrogen) atoms. The zero-order valence-corrected chi connectivity index (χ0v) is 18.2. The van der Waals surface area contributed by atoms with Gasteiger partial charge in [0, 0.05) is 11.6 Å². The van der Waals surface area contributed by atoms with Crippen molar-refractivity contribution in [2.24, 2.45) is 0 Å². The van der Waals surface area contributed by atoms with Crippen LogP contribution < -0.4 is 9.46 Å². The number of sulfonamides is 1. The Bertz CT molecular complexity index is 1340. The third-order valence-electron chi connectivity index (χ3n) is 4.91. The molecule has 6 nitrogen and oxygen atoms in total. The quantitative estimate of drug-likeness (QED) is 0.512. The first-order valence-electron chi connectivity index (χ1n) is 9.32. The van der Waals surface area contributed by atoms with Gasteiger partial charge in [0.1, 0.15) is 23.1 Å². The van der Waals surface area contributed by atoms with E-state index < -0.39 is 38.2 Å². The average molecular weight is 480 g/mol. The van der Waals surface area contributed by atoms with E-state index in [9.17, 15) is 22.0 Å². The van der Waals surface area contributed by atoms with Gasteiger partial charge in [-0.25, -0.2) is 17.2 Å². The van der Waals surface area contributed by atoms with Gasteiger partial charge in [-0.15, -0.1) is 0 Å². The molecular weight excluding hydrogens is 464 g/mol. The van der Waals surface area contributed by atoms with Crippen LogP contribution in [0.5, 0.6) is 5.75 Å². The number of cyclic esters (lactones) is 1. The van der Waals surface area contributed by atoms with Crippen molar-refractivity contribution in [3.63, 3.8) is 0 Å². The summed E-state index contributed by atoms with van der Waals surface area (Å²) in [5.74, 6) is -2.84. The highest BCUT2D eigenvalue weighted by atomic mass is 35.5. The van der Waals surface area contributed by atoms with E-state index in [1.54, 1.807) is 24.3 Å². The van der Waals surface area contributed by atoms with E-state index in [1.807, 2.05) is 0 Å². The third-order valence-corrected chi connectivity index (χ3v) is 6.56. The number of ether oxygens (including phenoxy) is 2. The van der Waals surface area contributed by atoms with E-state index in [0.29, 0.717) is 17.2 Å². The molecule has 0 amide bonds. The van der Waals surface area contributed by atoms with E-state index >= 15 is 0 Å². The Morgan fingerprint density at radius 1 is 1.06 bits per heavy atom. The molecule has 3 aromatic rings. The van der Waals surface area contributed by atoms with Crippen molar-refractivity contribution in [2.45, 2.75) is 17.9 Å². The lowest BCUT2D eigenvalue weighted by atomic mass is 9.99. The first-order chi connectivity index (χ1) is 15.2. The van der Waals surface area contributed by atoms with Crippen LogP contribution in [0.15, 0.2) is 53.4 Å². The fourth-order valence-corrected chi connectivity index (χ4v) is 5.11. The number of nitrogens with one attached hydrogen (secondary N) is 1. The van der Waals surface area contributed by atoms with Crippen molar-refractivity contribution >= 4 is 33.3 Å². The fourth-order valence-electron chi connectivity index (χ4n) is 3.44. The number of carbonyl (C=O) groups excluding carboxylic acids is 1. The Kier molecular flexibility index (Phi) is 5.79. The number of rotatable bonds is 1. The van der Waals surface area contributed by atoms with Crippen LogP contribution in [0.3, 0.4) is 0 Å². The first-order valence-corrected chi connectivity index (χ1v) is 11.2. The molecule has 0 atom stereocenters. The van der Waals surface area contributed by atoms with E-state index in [4.69, 9.17) is 21.1 Å². The second-order valence-corrected chi connectivity index (χ2v) is 9.08. The third kappa shape index (κ3) is 4.13. The number of methoxy groups -OCH3 is 1. The topological polar surface area (TPSA) is 81.7 Å².